The molecular weight excluding hydrogens is 487 g/mol. The Bertz CT molecular complexity index is 1520. The van der Waals surface area contributed by atoms with E-state index < -0.39 is 26.7 Å². The molecule has 4 rings (SSSR count). The fourth-order valence-electron chi connectivity index (χ4n) is 3.05. The van der Waals surface area contributed by atoms with E-state index in [1.165, 1.54) is 31.4 Å². The van der Waals surface area contributed by atoms with Crippen molar-refractivity contribution in [3.63, 3.8) is 0 Å². The molecule has 0 fully saturated rings. The average molecular weight is 503 g/mol. The summed E-state index contributed by atoms with van der Waals surface area (Å²) in [6.07, 6.45) is 0. The van der Waals surface area contributed by atoms with Gasteiger partial charge in [-0.15, -0.1) is 0 Å². The Hall–Kier alpha value is -4.10. The quantitative estimate of drug-likeness (QED) is 0.282. The van der Waals surface area contributed by atoms with Crippen LogP contribution in [0.4, 0.5) is 20.9 Å². The van der Waals surface area contributed by atoms with Gasteiger partial charge in [-0.3, -0.25) is 24.9 Å². The van der Waals surface area contributed by atoms with E-state index in [1.54, 1.807) is 12.1 Å². The van der Waals surface area contributed by atoms with Gasteiger partial charge in [0.15, 0.2) is 10.9 Å². The van der Waals surface area contributed by atoms with Crippen LogP contribution in [0.5, 0.6) is 5.75 Å². The van der Waals surface area contributed by atoms with Crippen LogP contribution in [0.25, 0.3) is 10.2 Å². The summed E-state index contributed by atoms with van der Waals surface area (Å²) in [7, 11) is -2.74. The number of hydrogen-bond donors (Lipinski definition) is 2. The molecule has 34 heavy (non-hydrogen) atoms. The third-order valence-electron chi connectivity index (χ3n) is 4.64. The van der Waals surface area contributed by atoms with E-state index in [1.807, 2.05) is 0 Å². The van der Waals surface area contributed by atoms with Gasteiger partial charge in [-0.25, -0.2) is 17.8 Å². The maximum Gasteiger partial charge on any atom is 0.274 e. The molecule has 1 heterocycles. The number of nitrogens with one attached hydrogen (secondary N) is 2. The van der Waals surface area contributed by atoms with Crippen molar-refractivity contribution in [2.24, 2.45) is 0 Å². The van der Waals surface area contributed by atoms with Crippen molar-refractivity contribution in [2.75, 3.05) is 17.1 Å². The number of ether oxygens (including phenoxy) is 1. The third kappa shape index (κ3) is 4.65. The van der Waals surface area contributed by atoms with Gasteiger partial charge in [0, 0.05) is 6.07 Å². The molecule has 0 bridgehead atoms. The van der Waals surface area contributed by atoms with E-state index in [2.05, 4.69) is 15.0 Å². The lowest BCUT2D eigenvalue weighted by molar-refractivity contribution is -0.384. The summed E-state index contributed by atoms with van der Waals surface area (Å²) in [5.41, 5.74) is 0.147. The SMILES string of the molecule is COc1cc([N+](=O)[O-])cc2sc(NC(=O)c3ccccc3NS(=O)(=O)c3ccc(F)cc3)nc12. The number of non-ortho nitro benzene ring substituents is 1. The molecule has 0 atom stereocenters. The number of hydrogen-bond acceptors (Lipinski definition) is 8. The first kappa shape index (κ1) is 23.1. The van der Waals surface area contributed by atoms with Gasteiger partial charge in [-0.2, -0.15) is 0 Å². The topological polar surface area (TPSA) is 141 Å². The molecule has 0 saturated carbocycles. The van der Waals surface area contributed by atoms with Gasteiger partial charge in [0.05, 0.1) is 38.9 Å². The molecule has 0 saturated heterocycles. The number of fused-ring (bicyclic) bond motifs is 1. The minimum atomic E-state index is -4.09. The molecule has 0 aliphatic heterocycles. The smallest absolute Gasteiger partial charge is 0.274 e. The van der Waals surface area contributed by atoms with Gasteiger partial charge >= 0.3 is 0 Å². The van der Waals surface area contributed by atoms with Crippen LogP contribution < -0.4 is 14.8 Å². The number of benzene rings is 3. The van der Waals surface area contributed by atoms with Crippen LogP contribution in [0, 0.1) is 15.9 Å². The Morgan fingerprint density at radius 3 is 2.53 bits per heavy atom. The molecule has 1 amide bonds. The molecule has 0 spiro atoms. The molecular formula is C21H15FN4O6S2. The highest BCUT2D eigenvalue weighted by Gasteiger charge is 2.21. The summed E-state index contributed by atoms with van der Waals surface area (Å²) >= 11 is 0.997. The fraction of sp³-hybridized carbons (Fsp3) is 0.0476. The summed E-state index contributed by atoms with van der Waals surface area (Å²) < 4.78 is 46.4. The molecule has 1 aromatic heterocycles. The number of methoxy groups -OCH3 is 1. The first-order chi connectivity index (χ1) is 16.2. The maximum atomic E-state index is 13.2. The van der Waals surface area contributed by atoms with Crippen molar-refractivity contribution < 1.29 is 27.3 Å². The molecule has 0 aliphatic carbocycles. The average Bonchev–Trinajstić information content (AvgIpc) is 3.21. The monoisotopic (exact) mass is 502 g/mol. The third-order valence-corrected chi connectivity index (χ3v) is 6.94. The van der Waals surface area contributed by atoms with Gasteiger partial charge < -0.3 is 4.74 Å². The number of carbonyl (C=O) groups is 1. The van der Waals surface area contributed by atoms with Crippen molar-refractivity contribution in [1.82, 2.24) is 4.98 Å². The molecule has 4 aromatic rings. The number of carbonyl (C=O) groups excluding carboxylic acids is 1. The van der Waals surface area contributed by atoms with Crippen LogP contribution in [-0.4, -0.2) is 31.3 Å². The number of aromatic nitrogens is 1. The number of rotatable bonds is 7. The fourth-order valence-corrected chi connectivity index (χ4v) is 5.04. The zero-order valence-corrected chi connectivity index (χ0v) is 18.9. The van der Waals surface area contributed by atoms with Crippen molar-refractivity contribution in [3.8, 4) is 5.75 Å². The van der Waals surface area contributed by atoms with Gasteiger partial charge in [0.2, 0.25) is 0 Å². The van der Waals surface area contributed by atoms with Crippen LogP contribution >= 0.6 is 11.3 Å². The highest BCUT2D eigenvalue weighted by molar-refractivity contribution is 7.92. The van der Waals surface area contributed by atoms with Crippen molar-refractivity contribution in [3.05, 3.63) is 82.2 Å². The van der Waals surface area contributed by atoms with E-state index in [9.17, 15) is 27.7 Å². The van der Waals surface area contributed by atoms with Gasteiger partial charge in [0.1, 0.15) is 11.3 Å². The van der Waals surface area contributed by atoms with Crippen molar-refractivity contribution in [1.29, 1.82) is 0 Å². The van der Waals surface area contributed by atoms with Crippen LogP contribution in [0.2, 0.25) is 0 Å². The molecule has 2 N–H and O–H groups in total. The normalized spacial score (nSPS) is 11.2. The Morgan fingerprint density at radius 2 is 1.85 bits per heavy atom. The van der Waals surface area contributed by atoms with Crippen LogP contribution in [0.15, 0.2) is 65.6 Å². The first-order valence-corrected chi connectivity index (χ1v) is 11.8. The lowest BCUT2D eigenvalue weighted by atomic mass is 10.2. The van der Waals surface area contributed by atoms with E-state index in [0.29, 0.717) is 10.2 Å². The number of thiazole rings is 1. The minimum absolute atomic E-state index is 0.00125. The molecule has 10 nitrogen and oxygen atoms in total. The summed E-state index contributed by atoms with van der Waals surface area (Å²) in [5.74, 6) is -1.07. The van der Waals surface area contributed by atoms with E-state index >= 15 is 0 Å². The van der Waals surface area contributed by atoms with E-state index in [0.717, 1.165) is 35.6 Å². The number of para-hydroxylation sites is 1. The first-order valence-electron chi connectivity index (χ1n) is 9.49. The molecule has 13 heteroatoms. The molecule has 3 aromatic carbocycles. The van der Waals surface area contributed by atoms with Crippen LogP contribution in [0.1, 0.15) is 10.4 Å². The second-order valence-electron chi connectivity index (χ2n) is 6.83. The van der Waals surface area contributed by atoms with Crippen LogP contribution in [0.3, 0.4) is 0 Å². The molecule has 174 valence electrons. The number of halogens is 1. The number of sulfonamides is 1. The number of amides is 1. The van der Waals surface area contributed by atoms with E-state index in [4.69, 9.17) is 4.74 Å². The highest BCUT2D eigenvalue weighted by Crippen LogP contribution is 2.36. The standard InChI is InChI=1S/C21H15FN4O6S2/c1-32-17-10-13(26(28)29)11-18-19(17)23-21(33-18)24-20(27)15-4-2-3-5-16(15)25-34(30,31)14-8-6-12(22)7-9-14/h2-11,25H,1H3,(H,23,24,27). The Morgan fingerprint density at radius 1 is 1.15 bits per heavy atom. The molecule has 0 aliphatic rings. The van der Waals surface area contributed by atoms with Gasteiger partial charge in [-0.1, -0.05) is 23.5 Å². The van der Waals surface area contributed by atoms with E-state index in [-0.39, 0.29) is 32.7 Å². The van der Waals surface area contributed by atoms with Gasteiger partial charge in [0.25, 0.3) is 21.6 Å². The van der Waals surface area contributed by atoms with Crippen LogP contribution in [-0.2, 0) is 10.0 Å². The number of nitrogens with zero attached hydrogens (tertiary/aromatic N) is 2. The number of nitro groups is 1. The Kier molecular flexibility index (Phi) is 6.13. The largest absolute Gasteiger partial charge is 0.494 e. The predicted molar refractivity (Wildman–Crippen MR) is 124 cm³/mol. The lowest BCUT2D eigenvalue weighted by Crippen LogP contribution is -2.18. The predicted octanol–water partition coefficient (Wildman–Crippen LogP) is 4.41. The second kappa shape index (κ2) is 9.03. The molecule has 0 unspecified atom stereocenters. The second-order valence-corrected chi connectivity index (χ2v) is 9.54. The zero-order valence-electron chi connectivity index (χ0n) is 17.3. The summed E-state index contributed by atoms with van der Waals surface area (Å²) in [6, 6.07) is 12.7. The summed E-state index contributed by atoms with van der Waals surface area (Å²) in [6.45, 7) is 0. The lowest BCUT2D eigenvalue weighted by Gasteiger charge is -2.12. The van der Waals surface area contributed by atoms with Gasteiger partial charge in [-0.05, 0) is 36.4 Å². The zero-order chi connectivity index (χ0) is 24.5. The Balaban J connectivity index is 1.63. The van der Waals surface area contributed by atoms with Crippen molar-refractivity contribution >= 4 is 54.0 Å². The van der Waals surface area contributed by atoms with Crippen molar-refractivity contribution in [2.45, 2.75) is 4.90 Å². The maximum absolute atomic E-state index is 13.2. The highest BCUT2D eigenvalue weighted by atomic mass is 32.2. The summed E-state index contributed by atoms with van der Waals surface area (Å²) in [4.78, 5) is 27.6. The number of nitro benzene ring substituents is 1. The Labute approximate surface area is 196 Å². The molecule has 0 radical (unpaired) electrons. The minimum Gasteiger partial charge on any atom is -0.494 e. The summed E-state index contributed by atoms with van der Waals surface area (Å²) in [5, 5.41) is 13.9. The number of anilines is 2.